The van der Waals surface area contributed by atoms with Crippen LogP contribution in [0.3, 0.4) is 0 Å². The monoisotopic (exact) mass is 446 g/mol. The molecule has 11 heteroatoms. The highest BCUT2D eigenvalue weighted by Gasteiger charge is 2.48. The average Bonchev–Trinajstić information content (AvgIpc) is 3.22. The predicted molar refractivity (Wildman–Crippen MR) is 130 cm³/mol. The molecule has 3 heterocycles. The van der Waals surface area contributed by atoms with Gasteiger partial charge in [0, 0.05) is 11.7 Å². The first-order chi connectivity index (χ1) is 16.1. The average molecular weight is 446 g/mol. The lowest BCUT2D eigenvalue weighted by molar-refractivity contribution is -0.0580. The number of fused-ring (bicyclic) bond motifs is 4. The number of nitrogens with one attached hydrogen (secondary N) is 2. The maximum Gasteiger partial charge on any atom is 0.253 e. The molecule has 3 fully saturated rings. The Morgan fingerprint density at radius 3 is 2.47 bits per heavy atom. The quantitative estimate of drug-likeness (QED) is 0.511. The van der Waals surface area contributed by atoms with Crippen molar-refractivity contribution >= 4 is 40.7 Å². The zero-order valence-corrected chi connectivity index (χ0v) is 18.6. The Morgan fingerprint density at radius 2 is 1.82 bits per heavy atom. The van der Waals surface area contributed by atoms with Crippen molar-refractivity contribution in [1.82, 2.24) is 19.9 Å². The number of anilines is 1. The molecule has 0 saturated heterocycles. The molecule has 0 aliphatic heterocycles. The summed E-state index contributed by atoms with van der Waals surface area (Å²) < 4.78 is 1.69. The minimum Gasteiger partial charge on any atom is -0.390 e. The van der Waals surface area contributed by atoms with Crippen molar-refractivity contribution in [3.63, 3.8) is 0 Å². The normalized spacial score (nSPS) is 24.0. The number of amides is 1. The van der Waals surface area contributed by atoms with Crippen molar-refractivity contribution in [1.29, 1.82) is 5.26 Å². The van der Waals surface area contributed by atoms with Gasteiger partial charge in [-0.3, -0.25) is 9.78 Å². The highest BCUT2D eigenvalue weighted by molar-refractivity contribution is 6.60. The van der Waals surface area contributed by atoms with Crippen molar-refractivity contribution < 1.29 is 9.90 Å². The van der Waals surface area contributed by atoms with Gasteiger partial charge in [0.15, 0.2) is 0 Å². The number of aliphatic hydroxyl groups is 1. The number of aromatic nitrogens is 3. The van der Waals surface area contributed by atoms with Crippen LogP contribution in [0.1, 0.15) is 54.4 Å². The molecule has 34 heavy (non-hydrogen) atoms. The molecule has 0 aromatic carbocycles. The third-order valence-electron chi connectivity index (χ3n) is 6.98. The molecule has 3 saturated carbocycles. The van der Waals surface area contributed by atoms with E-state index < -0.39 is 16.7 Å². The number of pyridine rings is 1. The molecule has 2 bridgehead atoms. The minimum atomic E-state index is -1.88. The summed E-state index contributed by atoms with van der Waals surface area (Å²) in [5.74, 6) is -0.551. The fourth-order valence-corrected chi connectivity index (χ4v) is 5.04. The topological polar surface area (TPSA) is 115 Å². The summed E-state index contributed by atoms with van der Waals surface area (Å²) in [6.45, 7) is 0. The minimum absolute atomic E-state index is 0.232. The van der Waals surface area contributed by atoms with E-state index in [0.29, 0.717) is 41.9 Å². The van der Waals surface area contributed by atoms with E-state index in [2.05, 4.69) is 26.8 Å². The second kappa shape index (κ2) is 7.91. The van der Waals surface area contributed by atoms with Crippen LogP contribution in [0.2, 0.25) is 0 Å². The maximum absolute atomic E-state index is 12.9. The van der Waals surface area contributed by atoms with Crippen LogP contribution in [0.5, 0.6) is 0 Å². The van der Waals surface area contributed by atoms with E-state index in [1.54, 1.807) is 16.6 Å². The number of hydrogen-bond donors (Lipinski definition) is 3. The molecule has 0 atom stereocenters. The van der Waals surface area contributed by atoms with Crippen LogP contribution in [0.15, 0.2) is 36.7 Å². The second-order valence-corrected chi connectivity index (χ2v) is 9.54. The summed E-state index contributed by atoms with van der Waals surface area (Å²) in [6, 6.07) is 9.34. The largest absolute Gasteiger partial charge is 0.390 e. The van der Waals surface area contributed by atoms with Gasteiger partial charge in [0.1, 0.15) is 6.07 Å². The van der Waals surface area contributed by atoms with E-state index in [1.807, 2.05) is 12.1 Å². The Balaban J connectivity index is 1.55. The van der Waals surface area contributed by atoms with Crippen molar-refractivity contribution in [3.8, 4) is 17.5 Å². The van der Waals surface area contributed by atoms with E-state index in [4.69, 9.17) is 28.8 Å². The first-order valence-electron chi connectivity index (χ1n) is 11.2. The molecule has 0 spiro atoms. The molecule has 1 amide bonds. The fraction of sp³-hybridized carbons (Fsp3) is 0.391. The van der Waals surface area contributed by atoms with Crippen molar-refractivity contribution in [2.24, 2.45) is 0 Å². The number of rotatable bonds is 5. The summed E-state index contributed by atoms with van der Waals surface area (Å²) in [5, 5.41) is 28.2. The van der Waals surface area contributed by atoms with E-state index in [1.165, 1.54) is 12.4 Å². The number of hydrogen-bond acceptors (Lipinski definition) is 6. The molecule has 8 nitrogen and oxygen atoms in total. The Kier molecular flexibility index (Phi) is 5.25. The molecule has 6 rings (SSSR count). The molecule has 3 aromatic rings. The van der Waals surface area contributed by atoms with Gasteiger partial charge in [-0.25, -0.2) is 4.52 Å². The van der Waals surface area contributed by atoms with Gasteiger partial charge in [-0.2, -0.15) is 10.4 Å². The molecule has 3 aliphatic carbocycles. The van der Waals surface area contributed by atoms with Gasteiger partial charge in [-0.05, 0) is 62.8 Å². The maximum atomic E-state index is 12.9. The highest BCUT2D eigenvalue weighted by Crippen LogP contribution is 2.48. The molecule has 6 radical (unpaired) electrons. The fourth-order valence-electron chi connectivity index (χ4n) is 5.04. The molecular weight excluding hydrogens is 425 g/mol. The molecule has 0 unspecified atom stereocenters. The predicted octanol–water partition coefficient (Wildman–Crippen LogP) is 1.36. The Hall–Kier alpha value is -3.25. The van der Waals surface area contributed by atoms with Crippen molar-refractivity contribution in [3.05, 3.63) is 47.8 Å². The van der Waals surface area contributed by atoms with E-state index >= 15 is 0 Å². The van der Waals surface area contributed by atoms with Crippen LogP contribution < -0.4 is 10.6 Å². The van der Waals surface area contributed by atoms with Crippen molar-refractivity contribution in [2.75, 3.05) is 5.32 Å². The second-order valence-electron chi connectivity index (χ2n) is 9.54. The van der Waals surface area contributed by atoms with E-state index in [0.717, 1.165) is 24.8 Å². The van der Waals surface area contributed by atoms with E-state index in [9.17, 15) is 9.90 Å². The smallest absolute Gasteiger partial charge is 0.253 e. The van der Waals surface area contributed by atoms with E-state index in [-0.39, 0.29) is 11.1 Å². The van der Waals surface area contributed by atoms with Gasteiger partial charge in [-0.15, -0.1) is 0 Å². The third kappa shape index (κ3) is 4.18. The lowest BCUT2D eigenvalue weighted by atomic mass is 9.49. The summed E-state index contributed by atoms with van der Waals surface area (Å²) >= 11 is 0. The first kappa shape index (κ1) is 22.5. The summed E-state index contributed by atoms with van der Waals surface area (Å²) in [4.78, 5) is 17.4. The van der Waals surface area contributed by atoms with Gasteiger partial charge in [0.05, 0.1) is 69.1 Å². The zero-order valence-electron chi connectivity index (χ0n) is 18.6. The summed E-state index contributed by atoms with van der Waals surface area (Å²) in [6.07, 6.45) is 7.48. The molecular formula is C23H21B3N6O2. The Bertz CT molecular complexity index is 1300. The van der Waals surface area contributed by atoms with Gasteiger partial charge in [0.2, 0.25) is 0 Å². The Labute approximate surface area is 201 Å². The van der Waals surface area contributed by atoms with Crippen LogP contribution in [0, 0.1) is 11.3 Å². The van der Waals surface area contributed by atoms with Gasteiger partial charge >= 0.3 is 0 Å². The van der Waals surface area contributed by atoms with Crippen LogP contribution in [0.4, 0.5) is 5.69 Å². The third-order valence-corrected chi connectivity index (χ3v) is 6.98. The number of carbonyl (C=O) groups is 1. The SMILES string of the molecule is [B]C([B])([B])NC(=O)c1cnc(-c2ccc3cc(C#N)cnn23)cc1NC12CCC(O)(CC1)CC2. The molecule has 3 aromatic heterocycles. The van der Waals surface area contributed by atoms with Gasteiger partial charge < -0.3 is 15.7 Å². The van der Waals surface area contributed by atoms with Gasteiger partial charge in [-0.1, -0.05) is 5.24 Å². The van der Waals surface area contributed by atoms with Gasteiger partial charge in [0.25, 0.3) is 5.91 Å². The zero-order chi connectivity index (χ0) is 24.1. The highest BCUT2D eigenvalue weighted by atomic mass is 16.3. The first-order valence-corrected chi connectivity index (χ1v) is 11.2. The van der Waals surface area contributed by atoms with Crippen LogP contribution in [0.25, 0.3) is 16.9 Å². The lowest BCUT2D eigenvalue weighted by Crippen LogP contribution is -2.54. The van der Waals surface area contributed by atoms with Crippen LogP contribution in [-0.4, -0.2) is 65.5 Å². The number of carbonyl (C=O) groups excluding carboxylic acids is 1. The summed E-state index contributed by atoms with van der Waals surface area (Å²) in [5.41, 5.74) is 2.54. The standard InChI is InChI=1S/C23H21B3N6O2/c24-23(25,26)31-20(33)16-13-28-18(19-2-1-15-9-14(11-27)12-29-32(15)19)10-17(16)30-21-3-6-22(34,7-4-21)8-5-21/h1-2,9-10,12-13,34H,3-8H2,(H,28,30)(H,31,33). The molecule has 3 aliphatic rings. The molecule has 3 N–H and O–H groups in total. The Morgan fingerprint density at radius 1 is 1.12 bits per heavy atom. The van der Waals surface area contributed by atoms with Crippen molar-refractivity contribution in [2.45, 2.75) is 54.9 Å². The number of nitrogens with zero attached hydrogens (tertiary/aromatic N) is 4. The summed E-state index contributed by atoms with van der Waals surface area (Å²) in [7, 11) is 16.8. The molecule has 164 valence electrons. The lowest BCUT2D eigenvalue weighted by Gasteiger charge is -2.51. The number of nitriles is 1. The van der Waals surface area contributed by atoms with Crippen LogP contribution >= 0.6 is 0 Å². The van der Waals surface area contributed by atoms with Crippen LogP contribution in [-0.2, 0) is 0 Å².